The number of methoxy groups -OCH3 is 1. The van der Waals surface area contributed by atoms with Crippen molar-refractivity contribution in [3.8, 4) is 6.07 Å². The first-order valence-electron chi connectivity index (χ1n) is 6.16. The van der Waals surface area contributed by atoms with Gasteiger partial charge in [-0.25, -0.2) is 9.97 Å². The number of nitrogens with zero attached hydrogens (tertiary/aromatic N) is 4. The molecule has 0 amide bonds. The van der Waals surface area contributed by atoms with Crippen LogP contribution in [-0.4, -0.2) is 39.0 Å². The Kier molecular flexibility index (Phi) is 3.01. The van der Waals surface area contributed by atoms with Crippen molar-refractivity contribution >= 4 is 16.9 Å². The molecule has 0 saturated carbocycles. The highest BCUT2D eigenvalue weighted by atomic mass is 16.6. The summed E-state index contributed by atoms with van der Waals surface area (Å²) >= 11 is 0. The molecule has 108 valence electrons. The second kappa shape index (κ2) is 4.73. The number of fused-ring (bicyclic) bond motifs is 1. The summed E-state index contributed by atoms with van der Waals surface area (Å²) < 4.78 is 12.2. The number of hydrogen-bond donors (Lipinski definition) is 2. The fourth-order valence-electron chi connectivity index (χ4n) is 2.51. The Morgan fingerprint density at radius 1 is 1.57 bits per heavy atom. The maximum absolute atomic E-state index is 10.3. The zero-order valence-electron chi connectivity index (χ0n) is 11.2. The molecule has 8 nitrogen and oxygen atoms in total. The van der Waals surface area contributed by atoms with Crippen molar-refractivity contribution in [1.29, 1.82) is 5.26 Å². The van der Waals surface area contributed by atoms with Crippen LogP contribution >= 0.6 is 0 Å². The van der Waals surface area contributed by atoms with Crippen LogP contribution in [-0.2, 0) is 9.47 Å². The number of aliphatic hydroxyl groups excluding tert-OH is 1. The first-order valence-corrected chi connectivity index (χ1v) is 6.16. The molecule has 0 radical (unpaired) electrons. The molecular weight excluding hydrogens is 274 g/mol. The van der Waals surface area contributed by atoms with Crippen LogP contribution in [0.15, 0.2) is 24.9 Å². The standard InChI is InChI=1S/C13H13N5O3/c1-6-10(20-2)9(19)13(21-6)18-4-7(3-14)8-11(15)16-5-17-12(8)18/h4-5,9-10,13,19H,1H2,2H3,(H2,15,16,17)/t9-,10-,13-/m1/s1. The monoisotopic (exact) mass is 287 g/mol. The van der Waals surface area contributed by atoms with Crippen molar-refractivity contribution in [2.24, 2.45) is 0 Å². The maximum Gasteiger partial charge on any atom is 0.206 e. The molecule has 0 spiro atoms. The van der Waals surface area contributed by atoms with E-state index in [2.05, 4.69) is 16.5 Å². The minimum Gasteiger partial charge on any atom is -0.469 e. The highest BCUT2D eigenvalue weighted by molar-refractivity contribution is 5.91. The van der Waals surface area contributed by atoms with Crippen molar-refractivity contribution in [3.05, 3.63) is 30.4 Å². The lowest BCUT2D eigenvalue weighted by atomic mass is 10.2. The van der Waals surface area contributed by atoms with Crippen LogP contribution in [0.5, 0.6) is 0 Å². The summed E-state index contributed by atoms with van der Waals surface area (Å²) in [4.78, 5) is 8.00. The minimum absolute atomic E-state index is 0.199. The van der Waals surface area contributed by atoms with Gasteiger partial charge in [-0.1, -0.05) is 6.58 Å². The number of nitriles is 1. The van der Waals surface area contributed by atoms with Gasteiger partial charge in [-0.15, -0.1) is 0 Å². The molecule has 1 aliphatic heterocycles. The number of rotatable bonds is 2. The van der Waals surface area contributed by atoms with Crippen LogP contribution in [0.2, 0.25) is 0 Å². The van der Waals surface area contributed by atoms with E-state index >= 15 is 0 Å². The average molecular weight is 287 g/mol. The van der Waals surface area contributed by atoms with Crippen LogP contribution in [0.3, 0.4) is 0 Å². The Morgan fingerprint density at radius 3 is 2.95 bits per heavy atom. The van der Waals surface area contributed by atoms with Crippen LogP contribution in [0.4, 0.5) is 5.82 Å². The van der Waals surface area contributed by atoms with Gasteiger partial charge in [0, 0.05) is 13.3 Å². The van der Waals surface area contributed by atoms with Gasteiger partial charge in [0.1, 0.15) is 41.8 Å². The molecule has 0 unspecified atom stereocenters. The number of aromatic nitrogens is 3. The van der Waals surface area contributed by atoms with Gasteiger partial charge in [-0.2, -0.15) is 5.26 Å². The molecule has 0 aromatic carbocycles. The number of nitrogens with two attached hydrogens (primary N) is 1. The summed E-state index contributed by atoms with van der Waals surface area (Å²) in [5, 5.41) is 19.9. The number of anilines is 1. The second-order valence-corrected chi connectivity index (χ2v) is 4.64. The van der Waals surface area contributed by atoms with Crippen LogP contribution in [0, 0.1) is 11.3 Å². The summed E-state index contributed by atoms with van der Waals surface area (Å²) in [7, 11) is 1.46. The van der Waals surface area contributed by atoms with Gasteiger partial charge >= 0.3 is 0 Å². The molecule has 1 fully saturated rings. The molecule has 2 aromatic rings. The summed E-state index contributed by atoms with van der Waals surface area (Å²) in [5.41, 5.74) is 6.52. The lowest BCUT2D eigenvalue weighted by Crippen LogP contribution is -2.29. The summed E-state index contributed by atoms with van der Waals surface area (Å²) in [6.45, 7) is 3.71. The smallest absolute Gasteiger partial charge is 0.206 e. The van der Waals surface area contributed by atoms with Crippen LogP contribution < -0.4 is 5.73 Å². The topological polar surface area (TPSA) is 119 Å². The Balaban J connectivity index is 2.17. The van der Waals surface area contributed by atoms with Gasteiger partial charge in [0.2, 0.25) is 6.23 Å². The zero-order chi connectivity index (χ0) is 15.1. The fraction of sp³-hybridized carbons (Fsp3) is 0.308. The van der Waals surface area contributed by atoms with Crippen LogP contribution in [0.25, 0.3) is 11.0 Å². The number of aliphatic hydroxyl groups is 1. The van der Waals surface area contributed by atoms with Crippen molar-refractivity contribution in [2.75, 3.05) is 12.8 Å². The highest BCUT2D eigenvalue weighted by Gasteiger charge is 2.42. The normalized spacial score (nSPS) is 25.0. The minimum atomic E-state index is -0.971. The fourth-order valence-corrected chi connectivity index (χ4v) is 2.51. The largest absolute Gasteiger partial charge is 0.469 e. The van der Waals surface area contributed by atoms with E-state index < -0.39 is 18.4 Å². The van der Waals surface area contributed by atoms with E-state index in [9.17, 15) is 10.4 Å². The quantitative estimate of drug-likeness (QED) is 0.815. The van der Waals surface area contributed by atoms with E-state index in [0.29, 0.717) is 22.4 Å². The zero-order valence-corrected chi connectivity index (χ0v) is 11.2. The van der Waals surface area contributed by atoms with E-state index in [1.807, 2.05) is 6.07 Å². The van der Waals surface area contributed by atoms with Gasteiger partial charge in [-0.3, -0.25) is 4.57 Å². The molecule has 2 aromatic heterocycles. The molecule has 3 heterocycles. The second-order valence-electron chi connectivity index (χ2n) is 4.64. The van der Waals surface area contributed by atoms with Crippen molar-refractivity contribution < 1.29 is 14.6 Å². The lowest BCUT2D eigenvalue weighted by Gasteiger charge is -2.17. The van der Waals surface area contributed by atoms with Crippen molar-refractivity contribution in [3.63, 3.8) is 0 Å². The first kappa shape index (κ1) is 13.4. The molecule has 1 saturated heterocycles. The number of hydrogen-bond acceptors (Lipinski definition) is 7. The van der Waals surface area contributed by atoms with Gasteiger partial charge in [0.15, 0.2) is 0 Å². The lowest BCUT2D eigenvalue weighted by molar-refractivity contribution is -0.0220. The Morgan fingerprint density at radius 2 is 2.33 bits per heavy atom. The Hall–Kier alpha value is -2.63. The van der Waals surface area contributed by atoms with Crippen LogP contribution in [0.1, 0.15) is 11.8 Å². The Labute approximate surface area is 120 Å². The third-order valence-corrected chi connectivity index (χ3v) is 3.48. The molecular formula is C13H13N5O3. The molecule has 8 heteroatoms. The van der Waals surface area contributed by atoms with Gasteiger partial charge in [0.05, 0.1) is 10.9 Å². The van der Waals surface area contributed by atoms with Gasteiger partial charge in [-0.05, 0) is 0 Å². The van der Waals surface area contributed by atoms with Crippen molar-refractivity contribution in [2.45, 2.75) is 18.4 Å². The van der Waals surface area contributed by atoms with E-state index in [-0.39, 0.29) is 5.82 Å². The van der Waals surface area contributed by atoms with E-state index in [1.54, 1.807) is 4.57 Å². The van der Waals surface area contributed by atoms with Gasteiger partial charge < -0.3 is 20.3 Å². The number of nitrogen functional groups attached to an aromatic ring is 1. The van der Waals surface area contributed by atoms with E-state index in [0.717, 1.165) is 0 Å². The predicted octanol–water partition coefficient (Wildman–Crippen LogP) is 0.304. The molecule has 3 N–H and O–H groups in total. The molecule has 3 atom stereocenters. The predicted molar refractivity (Wildman–Crippen MR) is 72.7 cm³/mol. The Bertz CT molecular complexity index is 763. The average Bonchev–Trinajstić information content (AvgIpc) is 2.97. The summed E-state index contributed by atoms with van der Waals surface area (Å²) in [5.74, 6) is 0.516. The third kappa shape index (κ3) is 1.83. The van der Waals surface area contributed by atoms with E-state index in [1.165, 1.54) is 19.6 Å². The summed E-state index contributed by atoms with van der Waals surface area (Å²) in [6, 6.07) is 2.03. The van der Waals surface area contributed by atoms with Crippen molar-refractivity contribution in [1.82, 2.24) is 14.5 Å². The van der Waals surface area contributed by atoms with Gasteiger partial charge in [0.25, 0.3) is 0 Å². The molecule has 1 aliphatic rings. The SMILES string of the molecule is C=C1O[C@@H](n2cc(C#N)c3c(N)ncnc32)[C@H](O)[C@@H]1OC. The number of ether oxygens (including phenoxy) is 2. The molecule has 21 heavy (non-hydrogen) atoms. The summed E-state index contributed by atoms with van der Waals surface area (Å²) in [6.07, 6.45) is 0.410. The molecule has 3 rings (SSSR count). The van der Waals surface area contributed by atoms with E-state index in [4.69, 9.17) is 15.2 Å². The molecule has 0 aliphatic carbocycles. The highest BCUT2D eigenvalue weighted by Crippen LogP contribution is 2.36. The maximum atomic E-state index is 10.3. The molecule has 0 bridgehead atoms. The first-order chi connectivity index (χ1) is 10.1. The third-order valence-electron chi connectivity index (χ3n) is 3.48.